The zero-order chi connectivity index (χ0) is 37.0. The summed E-state index contributed by atoms with van der Waals surface area (Å²) >= 11 is 0. The highest BCUT2D eigenvalue weighted by molar-refractivity contribution is 7.89. The van der Waals surface area contributed by atoms with E-state index in [4.69, 9.17) is 0 Å². The van der Waals surface area contributed by atoms with Crippen molar-refractivity contribution in [3.05, 3.63) is 77.1 Å². The van der Waals surface area contributed by atoms with Gasteiger partial charge in [-0.1, -0.05) is 0 Å². The Morgan fingerprint density at radius 2 is 1.02 bits per heavy atom. The van der Waals surface area contributed by atoms with Gasteiger partial charge in [0.15, 0.2) is 5.78 Å². The monoisotopic (exact) mass is 770 g/mol. The third kappa shape index (κ3) is 6.48. The Morgan fingerprint density at radius 3 is 1.46 bits per heavy atom. The van der Waals surface area contributed by atoms with E-state index in [1.165, 1.54) is 4.31 Å². The second-order valence-electron chi connectivity index (χ2n) is 14.9. The van der Waals surface area contributed by atoms with Crippen LogP contribution in [-0.4, -0.2) is 53.5 Å². The van der Waals surface area contributed by atoms with Crippen LogP contribution in [0, 0.1) is 23.7 Å². The summed E-state index contributed by atoms with van der Waals surface area (Å²) in [5, 5.41) is 7.10. The summed E-state index contributed by atoms with van der Waals surface area (Å²) in [6.07, 6.45) is 0.158. The molecule has 3 heterocycles. The maximum Gasteiger partial charge on any atom is 0.416 e. The van der Waals surface area contributed by atoms with Gasteiger partial charge in [0.1, 0.15) is 0 Å². The van der Waals surface area contributed by atoms with Gasteiger partial charge in [0, 0.05) is 18.0 Å². The van der Waals surface area contributed by atoms with E-state index in [0.29, 0.717) is 0 Å². The third-order valence-electron chi connectivity index (χ3n) is 11.1. The number of rotatable bonds is 8. The summed E-state index contributed by atoms with van der Waals surface area (Å²) in [6, 6.07) is 5.79. The molecule has 5 fully saturated rings. The maximum absolute atomic E-state index is 13.5. The van der Waals surface area contributed by atoms with Crippen LogP contribution in [0.4, 0.5) is 26.3 Å². The van der Waals surface area contributed by atoms with E-state index in [9.17, 15) is 48.0 Å². The number of carbonyl (C=O) groups excluding carboxylic acids is 1. The van der Waals surface area contributed by atoms with Crippen molar-refractivity contribution in [1.82, 2.24) is 18.8 Å². The Labute approximate surface area is 296 Å². The van der Waals surface area contributed by atoms with Crippen molar-refractivity contribution in [2.45, 2.75) is 104 Å². The Hall–Kier alpha value is -3.28. The van der Waals surface area contributed by atoms with E-state index in [-0.39, 0.29) is 63.8 Å². The molecule has 0 radical (unpaired) electrons. The van der Waals surface area contributed by atoms with Crippen molar-refractivity contribution in [3.63, 3.8) is 0 Å². The van der Waals surface area contributed by atoms with Gasteiger partial charge in [-0.2, -0.15) is 40.1 Å². The highest BCUT2D eigenvalue weighted by Gasteiger charge is 2.58. The lowest BCUT2D eigenvalue weighted by Gasteiger charge is -2.30. The van der Waals surface area contributed by atoms with Gasteiger partial charge in [0.25, 0.3) is 0 Å². The van der Waals surface area contributed by atoms with Crippen LogP contribution in [0.5, 0.6) is 0 Å². The first-order valence-electron chi connectivity index (χ1n) is 17.5. The summed E-state index contributed by atoms with van der Waals surface area (Å²) in [5.41, 5.74) is 0.0333. The molecule has 9 nitrogen and oxygen atoms in total. The number of ketones is 1. The topological polar surface area (TPSA) is 121 Å². The Balaban J connectivity index is 0.000000149. The first kappa shape index (κ1) is 35.7. The maximum atomic E-state index is 13.5. The van der Waals surface area contributed by atoms with Gasteiger partial charge < -0.3 is 0 Å². The van der Waals surface area contributed by atoms with Gasteiger partial charge in [-0.15, -0.1) is 0 Å². The standard InChI is InChI=1S/C18H18F3N3O2S.C17H18F3NO3S/c19-18(20,21)12-5-7-13(8-6-12)27(25,26)24-16(10-1-2-10)14-9-22-23-15(14)17(24)11-3-4-11;18-17(19,20)12-5-7-13(8-6-12)25(23,24)21-14(10-1-2-10)9-15(22)16(21)11-3-4-11/h5-11,16-17H,1-4H2,(H,22,23);5-8,10-11,14,16H,1-4,9H2/t16?,17-;14?,16-/m00/s1. The minimum absolute atomic E-state index is 0.0464. The zero-order valence-corrected chi connectivity index (χ0v) is 29.3. The van der Waals surface area contributed by atoms with E-state index in [0.717, 1.165) is 111 Å². The van der Waals surface area contributed by atoms with Crippen molar-refractivity contribution in [1.29, 1.82) is 0 Å². The molecule has 0 amide bonds. The Kier molecular flexibility index (Phi) is 8.51. The molecule has 4 atom stereocenters. The fourth-order valence-electron chi connectivity index (χ4n) is 7.95. The van der Waals surface area contributed by atoms with E-state index >= 15 is 0 Å². The number of nitrogens with one attached hydrogen (secondary N) is 1. The number of hydrogen-bond donors (Lipinski definition) is 1. The molecule has 1 N–H and O–H groups in total. The van der Waals surface area contributed by atoms with Crippen LogP contribution in [0.3, 0.4) is 0 Å². The number of hydrogen-bond acceptors (Lipinski definition) is 6. The number of fused-ring (bicyclic) bond motifs is 1. The quantitative estimate of drug-likeness (QED) is 0.241. The number of Topliss-reactive ketones (excluding diaryl/α,β-unsaturated/α-hetero) is 1. The molecule has 6 aliphatic rings. The SMILES string of the molecule is O=C1CC(C2CC2)N(S(=O)(=O)c2ccc(C(F)(F)F)cc2)[C@H]1C1CC1.O=S(=O)(c1ccc(C(F)(F)F)cc1)N1C(C2CC2)c2cn[nH]c2[C@@H]1C1CC1. The molecule has 4 aliphatic carbocycles. The van der Waals surface area contributed by atoms with Crippen LogP contribution in [0.1, 0.15) is 92.3 Å². The minimum Gasteiger partial charge on any atom is -0.298 e. The lowest BCUT2D eigenvalue weighted by atomic mass is 10.1. The molecule has 1 aromatic heterocycles. The van der Waals surface area contributed by atoms with Crippen molar-refractivity contribution in [2.75, 3.05) is 0 Å². The van der Waals surface area contributed by atoms with Crippen molar-refractivity contribution >= 4 is 25.8 Å². The molecular formula is C35H36F6N4O5S2. The van der Waals surface area contributed by atoms with E-state index in [1.54, 1.807) is 10.5 Å². The number of aromatic nitrogens is 2. The second kappa shape index (κ2) is 12.4. The van der Waals surface area contributed by atoms with Crippen LogP contribution >= 0.6 is 0 Å². The van der Waals surface area contributed by atoms with Crippen LogP contribution in [0.2, 0.25) is 0 Å². The number of alkyl halides is 6. The van der Waals surface area contributed by atoms with Crippen LogP contribution in [0.25, 0.3) is 0 Å². The first-order valence-corrected chi connectivity index (χ1v) is 20.3. The summed E-state index contributed by atoms with van der Waals surface area (Å²) in [6.45, 7) is 0. The van der Waals surface area contributed by atoms with Crippen LogP contribution in [-0.2, 0) is 37.2 Å². The Bertz CT molecular complexity index is 2040. The molecular weight excluding hydrogens is 735 g/mol. The molecule has 280 valence electrons. The number of aromatic amines is 1. The van der Waals surface area contributed by atoms with Crippen molar-refractivity contribution in [3.8, 4) is 0 Å². The smallest absolute Gasteiger partial charge is 0.298 e. The fourth-order valence-corrected chi connectivity index (χ4v) is 11.7. The first-order chi connectivity index (χ1) is 24.5. The van der Waals surface area contributed by atoms with Crippen molar-refractivity contribution in [2.24, 2.45) is 23.7 Å². The largest absolute Gasteiger partial charge is 0.416 e. The van der Waals surface area contributed by atoms with Gasteiger partial charge in [0.2, 0.25) is 20.0 Å². The Morgan fingerprint density at radius 1 is 0.596 bits per heavy atom. The molecule has 2 unspecified atom stereocenters. The number of halogens is 6. The second-order valence-corrected chi connectivity index (χ2v) is 18.6. The number of H-pyrrole nitrogens is 1. The molecule has 1 saturated heterocycles. The number of nitrogens with zero attached hydrogens (tertiary/aromatic N) is 3. The summed E-state index contributed by atoms with van der Waals surface area (Å²) in [4.78, 5) is 12.2. The van der Waals surface area contributed by atoms with E-state index in [1.807, 2.05) is 0 Å². The van der Waals surface area contributed by atoms with Crippen LogP contribution < -0.4 is 0 Å². The molecule has 0 bridgehead atoms. The molecule has 2 aromatic carbocycles. The number of sulfonamides is 2. The van der Waals surface area contributed by atoms with E-state index in [2.05, 4.69) is 10.2 Å². The summed E-state index contributed by atoms with van der Waals surface area (Å²) in [5.74, 6) is 0.679. The summed E-state index contributed by atoms with van der Waals surface area (Å²) in [7, 11) is -7.93. The molecule has 4 saturated carbocycles. The molecule has 3 aromatic rings. The van der Waals surface area contributed by atoms with Gasteiger partial charge in [0.05, 0.1) is 50.9 Å². The molecule has 17 heteroatoms. The molecule has 52 heavy (non-hydrogen) atoms. The van der Waals surface area contributed by atoms with E-state index < -0.39 is 49.6 Å². The predicted octanol–water partition coefficient (Wildman–Crippen LogP) is 7.26. The van der Waals surface area contributed by atoms with Crippen molar-refractivity contribution < 1.29 is 48.0 Å². The van der Waals surface area contributed by atoms with Gasteiger partial charge in [-0.25, -0.2) is 16.8 Å². The summed E-state index contributed by atoms with van der Waals surface area (Å²) < 4.78 is 133. The lowest BCUT2D eigenvalue weighted by Crippen LogP contribution is -2.44. The minimum atomic E-state index is -4.51. The van der Waals surface area contributed by atoms with Gasteiger partial charge in [-0.3, -0.25) is 9.89 Å². The average molecular weight is 771 g/mol. The van der Waals surface area contributed by atoms with Gasteiger partial charge >= 0.3 is 12.4 Å². The lowest BCUT2D eigenvalue weighted by molar-refractivity contribution is -0.138. The predicted molar refractivity (Wildman–Crippen MR) is 173 cm³/mol. The zero-order valence-electron chi connectivity index (χ0n) is 27.6. The number of carbonyl (C=O) groups is 1. The number of benzene rings is 2. The fraction of sp³-hybridized carbons (Fsp3) is 0.543. The van der Waals surface area contributed by atoms with Crippen LogP contribution in [0.15, 0.2) is 64.5 Å². The average Bonchev–Trinajstić information content (AvgIpc) is 3.88. The highest BCUT2D eigenvalue weighted by Crippen LogP contribution is 2.60. The third-order valence-corrected chi connectivity index (χ3v) is 14.9. The molecule has 2 aliphatic heterocycles. The normalized spacial score (nSPS) is 27.4. The highest BCUT2D eigenvalue weighted by atomic mass is 32.2. The van der Waals surface area contributed by atoms with Gasteiger partial charge in [-0.05, 0) is 124 Å². The molecule has 0 spiro atoms. The molecule has 9 rings (SSSR count).